The van der Waals surface area contributed by atoms with Gasteiger partial charge in [0.05, 0.1) is 16.4 Å². The molecule has 0 atom stereocenters. The second-order valence-electron chi connectivity index (χ2n) is 2.96. The predicted octanol–water partition coefficient (Wildman–Crippen LogP) is 2.52. The summed E-state index contributed by atoms with van der Waals surface area (Å²) in [4.78, 5) is 3.76. The van der Waals surface area contributed by atoms with Crippen LogP contribution in [0.15, 0.2) is 23.7 Å². The number of nitrogens with zero attached hydrogens (tertiary/aromatic N) is 1. The van der Waals surface area contributed by atoms with Gasteiger partial charge < -0.3 is 4.18 Å². The van der Waals surface area contributed by atoms with Crippen molar-refractivity contribution in [1.29, 1.82) is 0 Å². The van der Waals surface area contributed by atoms with Gasteiger partial charge in [0.2, 0.25) is 0 Å². The van der Waals surface area contributed by atoms with Crippen LogP contribution in [0.4, 0.5) is 13.2 Å². The van der Waals surface area contributed by atoms with Crippen molar-refractivity contribution < 1.29 is 25.8 Å². The fraction of sp³-hybridized carbons (Fsp3) is 0.125. The predicted molar refractivity (Wildman–Crippen MR) is 55.2 cm³/mol. The SMILES string of the molecule is O=S(=O)(Oc1cnc2ccsc2c1)C(F)(F)F. The number of aromatic nitrogens is 1. The lowest BCUT2D eigenvalue weighted by molar-refractivity contribution is -0.0500. The largest absolute Gasteiger partial charge is 0.534 e. The molecule has 0 N–H and O–H groups in total. The molecular weight excluding hydrogens is 279 g/mol. The lowest BCUT2D eigenvalue weighted by Gasteiger charge is -2.08. The van der Waals surface area contributed by atoms with Gasteiger partial charge in [-0.15, -0.1) is 11.3 Å². The van der Waals surface area contributed by atoms with Gasteiger partial charge in [-0.2, -0.15) is 21.6 Å². The first-order valence-electron chi connectivity index (χ1n) is 4.13. The molecule has 0 aromatic carbocycles. The molecule has 9 heteroatoms. The lowest BCUT2D eigenvalue weighted by atomic mass is 10.4. The number of hydrogen-bond acceptors (Lipinski definition) is 5. The fourth-order valence-corrected chi connectivity index (χ4v) is 2.26. The molecule has 2 aromatic heterocycles. The number of rotatable bonds is 2. The first-order valence-corrected chi connectivity index (χ1v) is 6.42. The van der Waals surface area contributed by atoms with Crippen molar-refractivity contribution in [2.75, 3.05) is 0 Å². The van der Waals surface area contributed by atoms with E-state index >= 15 is 0 Å². The molecule has 0 aliphatic carbocycles. The molecule has 0 saturated heterocycles. The third-order valence-corrected chi connectivity index (χ3v) is 3.60. The van der Waals surface area contributed by atoms with E-state index in [9.17, 15) is 21.6 Å². The van der Waals surface area contributed by atoms with Crippen molar-refractivity contribution in [3.63, 3.8) is 0 Å². The van der Waals surface area contributed by atoms with Crippen LogP contribution in [0.25, 0.3) is 10.2 Å². The molecule has 2 heterocycles. The van der Waals surface area contributed by atoms with Crippen LogP contribution in [0.1, 0.15) is 0 Å². The Kier molecular flexibility index (Phi) is 2.74. The van der Waals surface area contributed by atoms with Gasteiger partial charge in [0.15, 0.2) is 5.75 Å². The maximum Gasteiger partial charge on any atom is 0.534 e. The van der Waals surface area contributed by atoms with Gasteiger partial charge in [0.25, 0.3) is 0 Å². The second kappa shape index (κ2) is 3.84. The topological polar surface area (TPSA) is 56.3 Å². The minimum Gasteiger partial charge on any atom is -0.374 e. The lowest BCUT2D eigenvalue weighted by Crippen LogP contribution is -2.28. The zero-order chi connectivity index (χ0) is 12.7. The summed E-state index contributed by atoms with van der Waals surface area (Å²) in [7, 11) is -5.64. The third-order valence-electron chi connectivity index (χ3n) is 1.77. The van der Waals surface area contributed by atoms with Crippen molar-refractivity contribution in [3.8, 4) is 5.75 Å². The van der Waals surface area contributed by atoms with E-state index in [0.717, 1.165) is 6.20 Å². The van der Waals surface area contributed by atoms with Gasteiger partial charge in [-0.1, -0.05) is 0 Å². The zero-order valence-electron chi connectivity index (χ0n) is 7.93. The summed E-state index contributed by atoms with van der Waals surface area (Å²) in [6.45, 7) is 0. The Bertz CT molecular complexity index is 647. The van der Waals surface area contributed by atoms with Crippen LogP contribution < -0.4 is 4.18 Å². The molecule has 0 aliphatic rings. The molecule has 2 rings (SSSR count). The van der Waals surface area contributed by atoms with E-state index in [1.807, 2.05) is 0 Å². The van der Waals surface area contributed by atoms with Crippen LogP contribution in [0.5, 0.6) is 5.75 Å². The summed E-state index contributed by atoms with van der Waals surface area (Å²) in [5, 5.41) is 1.68. The summed E-state index contributed by atoms with van der Waals surface area (Å²) in [6.07, 6.45) is 0.929. The summed E-state index contributed by atoms with van der Waals surface area (Å²) in [5.41, 5.74) is -4.89. The Hall–Kier alpha value is -1.35. The zero-order valence-corrected chi connectivity index (χ0v) is 9.56. The highest BCUT2D eigenvalue weighted by atomic mass is 32.2. The maximum atomic E-state index is 12.0. The quantitative estimate of drug-likeness (QED) is 0.627. The molecule has 0 amide bonds. The third kappa shape index (κ3) is 2.34. The van der Waals surface area contributed by atoms with E-state index in [0.29, 0.717) is 10.2 Å². The fourth-order valence-electron chi connectivity index (χ4n) is 1.05. The van der Waals surface area contributed by atoms with Crippen molar-refractivity contribution >= 4 is 31.7 Å². The smallest absolute Gasteiger partial charge is 0.374 e. The van der Waals surface area contributed by atoms with Crippen LogP contribution in [0, 0.1) is 0 Å². The molecule has 0 fully saturated rings. The van der Waals surface area contributed by atoms with E-state index in [1.165, 1.54) is 17.4 Å². The van der Waals surface area contributed by atoms with Crippen LogP contribution in [-0.4, -0.2) is 18.9 Å². The van der Waals surface area contributed by atoms with E-state index in [1.54, 1.807) is 11.4 Å². The Labute approximate surface area is 97.8 Å². The van der Waals surface area contributed by atoms with E-state index in [4.69, 9.17) is 0 Å². The van der Waals surface area contributed by atoms with Crippen LogP contribution in [-0.2, 0) is 10.1 Å². The number of halogens is 3. The Morgan fingerprint density at radius 3 is 2.71 bits per heavy atom. The minimum absolute atomic E-state index is 0.461. The maximum absolute atomic E-state index is 12.0. The standard InChI is InChI=1S/C8H4F3NO3S2/c9-8(10,11)17(13,14)15-5-3-7-6(12-4-5)1-2-16-7/h1-4H. The van der Waals surface area contributed by atoms with Gasteiger partial charge in [-0.3, -0.25) is 4.98 Å². The Morgan fingerprint density at radius 2 is 2.06 bits per heavy atom. The molecule has 2 aromatic rings. The molecule has 0 bridgehead atoms. The van der Waals surface area contributed by atoms with E-state index in [-0.39, 0.29) is 0 Å². The number of fused-ring (bicyclic) bond motifs is 1. The van der Waals surface area contributed by atoms with Gasteiger partial charge in [0, 0.05) is 6.07 Å². The monoisotopic (exact) mass is 283 g/mol. The van der Waals surface area contributed by atoms with Crippen LogP contribution in [0.3, 0.4) is 0 Å². The number of thiophene rings is 1. The highest BCUT2D eigenvalue weighted by Gasteiger charge is 2.48. The normalized spacial score (nSPS) is 12.9. The van der Waals surface area contributed by atoms with Crippen LogP contribution >= 0.6 is 11.3 Å². The molecule has 0 radical (unpaired) electrons. The van der Waals surface area contributed by atoms with Crippen molar-refractivity contribution in [1.82, 2.24) is 4.98 Å². The van der Waals surface area contributed by atoms with Crippen LogP contribution in [0.2, 0.25) is 0 Å². The van der Waals surface area contributed by atoms with Gasteiger partial charge in [-0.05, 0) is 11.4 Å². The first kappa shape index (κ1) is 12.1. The highest BCUT2D eigenvalue weighted by molar-refractivity contribution is 7.88. The summed E-state index contributed by atoms with van der Waals surface area (Å²) >= 11 is 1.22. The number of pyridine rings is 1. The van der Waals surface area contributed by atoms with E-state index < -0.39 is 21.4 Å². The first-order chi connectivity index (χ1) is 7.79. The summed E-state index contributed by atoms with van der Waals surface area (Å²) in [5.74, 6) is -0.461. The highest BCUT2D eigenvalue weighted by Crippen LogP contribution is 2.29. The van der Waals surface area contributed by atoms with Gasteiger partial charge >= 0.3 is 15.6 Å². The molecule has 0 aliphatic heterocycles. The average molecular weight is 283 g/mol. The Morgan fingerprint density at radius 1 is 1.35 bits per heavy atom. The number of hydrogen-bond donors (Lipinski definition) is 0. The summed E-state index contributed by atoms with van der Waals surface area (Å²) in [6, 6.07) is 2.85. The van der Waals surface area contributed by atoms with Crippen molar-refractivity contribution in [3.05, 3.63) is 23.7 Å². The van der Waals surface area contributed by atoms with Gasteiger partial charge in [0.1, 0.15) is 0 Å². The minimum atomic E-state index is -5.64. The van der Waals surface area contributed by atoms with E-state index in [2.05, 4.69) is 9.17 Å². The average Bonchev–Trinajstić information content (AvgIpc) is 2.62. The molecule has 0 saturated carbocycles. The molecule has 92 valence electrons. The molecule has 0 unspecified atom stereocenters. The molecule has 17 heavy (non-hydrogen) atoms. The van der Waals surface area contributed by atoms with Crippen molar-refractivity contribution in [2.24, 2.45) is 0 Å². The van der Waals surface area contributed by atoms with Crippen molar-refractivity contribution in [2.45, 2.75) is 5.51 Å². The molecular formula is C8H4F3NO3S2. The number of alkyl halides is 3. The summed E-state index contributed by atoms with van der Waals surface area (Å²) < 4.78 is 62.1. The molecule has 0 spiro atoms. The Balaban J connectivity index is 2.36. The van der Waals surface area contributed by atoms with Gasteiger partial charge in [-0.25, -0.2) is 0 Å². The molecule has 4 nitrogen and oxygen atoms in total. The second-order valence-corrected chi connectivity index (χ2v) is 5.44.